The number of hydrogen-bond donors (Lipinski definition) is 2. The Morgan fingerprint density at radius 3 is 2.64 bits per heavy atom. The minimum absolute atomic E-state index is 0. The van der Waals surface area contributed by atoms with Gasteiger partial charge in [0.15, 0.2) is 5.96 Å². The Hall–Kier alpha value is -1.33. The Balaban J connectivity index is 0.00000392. The van der Waals surface area contributed by atoms with Crippen molar-refractivity contribution < 1.29 is 4.39 Å². The lowest BCUT2D eigenvalue weighted by molar-refractivity contribution is 0.298. The topological polar surface area (TPSA) is 57.5 Å². The number of benzene rings is 1. The molecule has 0 bridgehead atoms. The van der Waals surface area contributed by atoms with Crippen molar-refractivity contribution in [1.82, 2.24) is 25.3 Å². The average Bonchev–Trinajstić information content (AvgIpc) is 3.05. The van der Waals surface area contributed by atoms with Crippen LogP contribution in [-0.4, -0.2) is 54.6 Å². The molecule has 2 aromatic rings. The molecule has 0 aliphatic rings. The van der Waals surface area contributed by atoms with Crippen molar-refractivity contribution in [2.45, 2.75) is 18.3 Å². The molecular weight excluding hydrogens is 490 g/mol. The van der Waals surface area contributed by atoms with Gasteiger partial charge >= 0.3 is 0 Å². The lowest BCUT2D eigenvalue weighted by Gasteiger charge is -2.24. The quantitative estimate of drug-likeness (QED) is 0.319. The molecule has 0 amide bonds. The highest BCUT2D eigenvalue weighted by Crippen LogP contribution is 2.17. The highest BCUT2D eigenvalue weighted by molar-refractivity contribution is 14.0. The number of guanidine groups is 1. The van der Waals surface area contributed by atoms with Gasteiger partial charge in [0.25, 0.3) is 0 Å². The monoisotopic (exact) mass is 520 g/mol. The molecule has 28 heavy (non-hydrogen) atoms. The molecule has 0 spiro atoms. The van der Waals surface area contributed by atoms with Crippen LogP contribution in [-0.2, 0) is 19.3 Å². The first-order valence-electron chi connectivity index (χ1n) is 8.80. The molecule has 9 heteroatoms. The third-order valence-corrected chi connectivity index (χ3v) is 4.93. The van der Waals surface area contributed by atoms with E-state index in [4.69, 9.17) is 0 Å². The lowest BCUT2D eigenvalue weighted by Crippen LogP contribution is -2.41. The van der Waals surface area contributed by atoms with Gasteiger partial charge in [-0.25, -0.2) is 4.39 Å². The Bertz CT molecular complexity index is 765. The molecule has 0 radical (unpaired) electrons. The third-order valence-electron chi connectivity index (χ3n) is 4.33. The maximum atomic E-state index is 13.5. The molecule has 1 unspecified atom stereocenters. The zero-order valence-corrected chi connectivity index (χ0v) is 20.2. The minimum atomic E-state index is -0.199. The first-order chi connectivity index (χ1) is 12.9. The summed E-state index contributed by atoms with van der Waals surface area (Å²) in [6.45, 7) is 1.29. The van der Waals surface area contributed by atoms with E-state index in [1.165, 1.54) is 6.07 Å². The first kappa shape index (κ1) is 24.7. The fourth-order valence-electron chi connectivity index (χ4n) is 2.86. The molecule has 0 fully saturated rings. The number of rotatable bonds is 8. The molecule has 2 rings (SSSR count). The van der Waals surface area contributed by atoms with Crippen LogP contribution in [0.2, 0.25) is 0 Å². The molecule has 1 heterocycles. The van der Waals surface area contributed by atoms with Crippen molar-refractivity contribution in [1.29, 1.82) is 0 Å². The molecular formula is C19H30FIN6S. The van der Waals surface area contributed by atoms with Gasteiger partial charge in [0.1, 0.15) is 5.82 Å². The summed E-state index contributed by atoms with van der Waals surface area (Å²) in [4.78, 5) is 6.45. The Morgan fingerprint density at radius 1 is 1.32 bits per heavy atom. The fourth-order valence-corrected chi connectivity index (χ4v) is 3.44. The number of nitrogens with one attached hydrogen (secondary N) is 2. The van der Waals surface area contributed by atoms with Crippen LogP contribution in [0.3, 0.4) is 0 Å². The zero-order valence-electron chi connectivity index (χ0n) is 17.1. The van der Waals surface area contributed by atoms with Crippen molar-refractivity contribution in [2.24, 2.45) is 12.0 Å². The zero-order chi connectivity index (χ0) is 19.8. The van der Waals surface area contributed by atoms with Crippen LogP contribution in [0.5, 0.6) is 0 Å². The molecule has 1 aromatic heterocycles. The number of aromatic nitrogens is 2. The molecule has 0 aliphatic carbocycles. The molecule has 1 aromatic carbocycles. The summed E-state index contributed by atoms with van der Waals surface area (Å²) >= 11 is 1.68. The molecule has 0 aliphatic heterocycles. The van der Waals surface area contributed by atoms with E-state index in [0.29, 0.717) is 19.0 Å². The number of hydrogen-bond acceptors (Lipinski definition) is 4. The minimum Gasteiger partial charge on any atom is -0.354 e. The average molecular weight is 520 g/mol. The predicted octanol–water partition coefficient (Wildman–Crippen LogP) is 3.01. The van der Waals surface area contributed by atoms with Gasteiger partial charge in [-0.05, 0) is 43.6 Å². The van der Waals surface area contributed by atoms with Crippen LogP contribution in [0.4, 0.5) is 4.39 Å². The molecule has 156 valence electrons. The van der Waals surface area contributed by atoms with Gasteiger partial charge < -0.3 is 15.5 Å². The third kappa shape index (κ3) is 7.25. The number of likely N-dealkylation sites (N-methyl/N-ethyl adjacent to an activating group) is 1. The van der Waals surface area contributed by atoms with Gasteiger partial charge in [0, 0.05) is 44.7 Å². The van der Waals surface area contributed by atoms with E-state index < -0.39 is 0 Å². The molecule has 2 N–H and O–H groups in total. The lowest BCUT2D eigenvalue weighted by atomic mass is 10.1. The van der Waals surface area contributed by atoms with Crippen LogP contribution in [0.1, 0.15) is 22.7 Å². The summed E-state index contributed by atoms with van der Waals surface area (Å²) in [5.74, 6) is 1.30. The first-order valence-corrected chi connectivity index (χ1v) is 10.2. The normalized spacial score (nSPS) is 12.6. The van der Waals surface area contributed by atoms with Crippen molar-refractivity contribution in [2.75, 3.05) is 33.9 Å². The van der Waals surface area contributed by atoms with Crippen LogP contribution >= 0.6 is 35.7 Å². The van der Waals surface area contributed by atoms with Crippen LogP contribution in [0.15, 0.2) is 35.6 Å². The Morgan fingerprint density at radius 2 is 2.07 bits per heavy atom. The number of thioether (sulfide) groups is 1. The Kier molecular flexibility index (Phi) is 10.8. The molecule has 0 saturated heterocycles. The van der Waals surface area contributed by atoms with Gasteiger partial charge in [0.05, 0.1) is 12.2 Å². The number of aliphatic imine (C=N–C) groups is 1. The second-order valence-electron chi connectivity index (χ2n) is 6.58. The largest absolute Gasteiger partial charge is 0.354 e. The van der Waals surface area contributed by atoms with E-state index in [2.05, 4.69) is 25.6 Å². The van der Waals surface area contributed by atoms with E-state index >= 15 is 0 Å². The number of nitrogens with zero attached hydrogens (tertiary/aromatic N) is 4. The van der Waals surface area contributed by atoms with E-state index in [1.807, 2.05) is 45.9 Å². The second-order valence-corrected chi connectivity index (χ2v) is 7.45. The standard InChI is InChI=1S/C19H29FN6S.HI/c1-21-19(22-9-14-6-7-17(20)8-15(14)13-27-5)23-11-18(25(2)3)16-10-24-26(4)12-16;/h6-8,10,12,18H,9,11,13H2,1-5H3,(H2,21,22,23);1H. The van der Waals surface area contributed by atoms with E-state index in [-0.39, 0.29) is 35.8 Å². The van der Waals surface area contributed by atoms with Crippen LogP contribution < -0.4 is 10.6 Å². The maximum Gasteiger partial charge on any atom is 0.191 e. The van der Waals surface area contributed by atoms with E-state index in [0.717, 1.165) is 22.4 Å². The molecule has 0 saturated carbocycles. The maximum absolute atomic E-state index is 13.5. The van der Waals surface area contributed by atoms with Crippen molar-refractivity contribution >= 4 is 41.7 Å². The van der Waals surface area contributed by atoms with Crippen molar-refractivity contribution in [3.63, 3.8) is 0 Å². The Labute approximate surface area is 188 Å². The summed E-state index contributed by atoms with van der Waals surface area (Å²) in [7, 11) is 7.75. The highest BCUT2D eigenvalue weighted by atomic mass is 127. The summed E-state index contributed by atoms with van der Waals surface area (Å²) in [6, 6.07) is 5.12. The summed E-state index contributed by atoms with van der Waals surface area (Å²) in [5.41, 5.74) is 3.23. The fraction of sp³-hybridized carbons (Fsp3) is 0.474. The van der Waals surface area contributed by atoms with E-state index in [9.17, 15) is 4.39 Å². The van der Waals surface area contributed by atoms with Gasteiger partial charge in [-0.15, -0.1) is 24.0 Å². The SMILES string of the molecule is CN=C(NCc1ccc(F)cc1CSC)NCC(c1cnn(C)c1)N(C)C.I. The van der Waals surface area contributed by atoms with Gasteiger partial charge in [-0.2, -0.15) is 16.9 Å². The second kappa shape index (κ2) is 12.3. The van der Waals surface area contributed by atoms with Gasteiger partial charge in [-0.1, -0.05) is 6.07 Å². The predicted molar refractivity (Wildman–Crippen MR) is 127 cm³/mol. The highest BCUT2D eigenvalue weighted by Gasteiger charge is 2.16. The number of halogens is 2. The summed E-state index contributed by atoms with van der Waals surface area (Å²) in [6.07, 6.45) is 5.92. The summed E-state index contributed by atoms with van der Waals surface area (Å²) in [5, 5.41) is 11.0. The molecule has 1 atom stereocenters. The molecule has 6 nitrogen and oxygen atoms in total. The van der Waals surface area contributed by atoms with Gasteiger partial charge in [0.2, 0.25) is 0 Å². The van der Waals surface area contributed by atoms with Crippen molar-refractivity contribution in [3.8, 4) is 0 Å². The summed E-state index contributed by atoms with van der Waals surface area (Å²) < 4.78 is 15.3. The van der Waals surface area contributed by atoms with Crippen molar-refractivity contribution in [3.05, 3.63) is 53.1 Å². The van der Waals surface area contributed by atoms with Crippen LogP contribution in [0.25, 0.3) is 0 Å². The van der Waals surface area contributed by atoms with Gasteiger partial charge in [-0.3, -0.25) is 9.67 Å². The van der Waals surface area contributed by atoms with Crippen LogP contribution in [0, 0.1) is 5.82 Å². The smallest absolute Gasteiger partial charge is 0.191 e. The van der Waals surface area contributed by atoms with E-state index in [1.54, 1.807) is 29.6 Å². The number of aryl methyl sites for hydroxylation is 1.